The number of carbonyl (C=O) groups is 1. The fraction of sp³-hybridized carbons (Fsp3) is 0.375. The van der Waals surface area contributed by atoms with Gasteiger partial charge in [0.2, 0.25) is 0 Å². The maximum Gasteiger partial charge on any atom is 0.340 e. The van der Waals surface area contributed by atoms with E-state index in [2.05, 4.69) is 18.7 Å². The van der Waals surface area contributed by atoms with E-state index >= 15 is 0 Å². The molecule has 0 unspecified atom stereocenters. The zero-order valence-corrected chi connectivity index (χ0v) is 21.3. The fourth-order valence-electron chi connectivity index (χ4n) is 3.68. The third-order valence-electron chi connectivity index (χ3n) is 5.56. The highest BCUT2D eigenvalue weighted by Crippen LogP contribution is 2.31. The molecule has 1 aromatic heterocycles. The molecule has 0 bridgehead atoms. The summed E-state index contributed by atoms with van der Waals surface area (Å²) in [5.74, 6) is -0.289. The Morgan fingerprint density at radius 2 is 1.67 bits per heavy atom. The molecule has 0 aliphatic carbocycles. The number of benzene rings is 2. The number of hydrogen-bond donors (Lipinski definition) is 0. The lowest BCUT2D eigenvalue weighted by Gasteiger charge is -2.19. The molecule has 0 aliphatic rings. The summed E-state index contributed by atoms with van der Waals surface area (Å²) in [6, 6.07) is 11.4. The SMILES string of the molecule is CCOC(=O)c1c(CN(CC)CC)n(C)c2ccc(OS(=O)(=O)c3ccc(C)cc3)cc12.Cl. The molecule has 0 saturated heterocycles. The second kappa shape index (κ2) is 11.0. The first-order valence-corrected chi connectivity index (χ1v) is 12.1. The predicted octanol–water partition coefficient (Wildman–Crippen LogP) is 4.69. The number of aryl methyl sites for hydroxylation is 2. The second-order valence-electron chi connectivity index (χ2n) is 7.59. The van der Waals surface area contributed by atoms with Crippen molar-refractivity contribution < 1.29 is 22.1 Å². The summed E-state index contributed by atoms with van der Waals surface area (Å²) in [7, 11) is -2.11. The molecule has 1 heterocycles. The van der Waals surface area contributed by atoms with Crippen LogP contribution in [-0.2, 0) is 28.4 Å². The van der Waals surface area contributed by atoms with Crippen molar-refractivity contribution in [1.82, 2.24) is 9.47 Å². The van der Waals surface area contributed by atoms with Gasteiger partial charge in [0.05, 0.1) is 12.2 Å². The van der Waals surface area contributed by atoms with E-state index in [0.29, 0.717) is 17.5 Å². The average Bonchev–Trinajstić information content (AvgIpc) is 3.03. The number of carbonyl (C=O) groups excluding carboxylic acids is 1. The number of aromatic nitrogens is 1. The number of ether oxygens (including phenoxy) is 1. The van der Waals surface area contributed by atoms with Crippen molar-refractivity contribution >= 4 is 39.4 Å². The molecule has 0 aliphatic heterocycles. The molecule has 0 N–H and O–H groups in total. The predicted molar refractivity (Wildman–Crippen MR) is 132 cm³/mol. The minimum atomic E-state index is -4.00. The normalized spacial score (nSPS) is 11.5. The largest absolute Gasteiger partial charge is 0.462 e. The number of nitrogens with zero attached hydrogens (tertiary/aromatic N) is 2. The zero-order valence-electron chi connectivity index (χ0n) is 19.6. The summed E-state index contributed by atoms with van der Waals surface area (Å²) in [4.78, 5) is 15.2. The molecule has 3 aromatic rings. The molecule has 0 saturated carbocycles. The summed E-state index contributed by atoms with van der Waals surface area (Å²) < 4.78 is 38.2. The summed E-state index contributed by atoms with van der Waals surface area (Å²) in [6.45, 7) is 10.3. The van der Waals surface area contributed by atoms with Gasteiger partial charge in [0.25, 0.3) is 0 Å². The van der Waals surface area contributed by atoms with E-state index < -0.39 is 16.1 Å². The highest BCUT2D eigenvalue weighted by Gasteiger charge is 2.25. The smallest absolute Gasteiger partial charge is 0.340 e. The second-order valence-corrected chi connectivity index (χ2v) is 9.14. The van der Waals surface area contributed by atoms with Crippen LogP contribution in [0, 0.1) is 6.92 Å². The van der Waals surface area contributed by atoms with E-state index in [1.54, 1.807) is 37.3 Å². The van der Waals surface area contributed by atoms with Crippen LogP contribution in [0.4, 0.5) is 0 Å². The fourth-order valence-corrected chi connectivity index (χ4v) is 4.61. The number of esters is 1. The average molecular weight is 495 g/mol. The van der Waals surface area contributed by atoms with Crippen molar-refractivity contribution in [2.24, 2.45) is 7.05 Å². The molecule has 2 aromatic carbocycles. The van der Waals surface area contributed by atoms with Crippen LogP contribution >= 0.6 is 12.4 Å². The standard InChI is InChI=1S/C24H30N2O5S.ClH/c1-6-26(7-2)16-22-23(24(27)30-8-3)20-15-18(11-14-21(20)25(22)5)31-32(28,29)19-12-9-17(4)10-13-19;/h9-15H,6-8,16H2,1-5H3;1H. The molecule has 0 atom stereocenters. The van der Waals surface area contributed by atoms with Gasteiger partial charge in [-0.2, -0.15) is 8.42 Å². The number of rotatable bonds is 9. The van der Waals surface area contributed by atoms with Crippen LogP contribution in [0.5, 0.6) is 5.75 Å². The van der Waals surface area contributed by atoms with Crippen molar-refractivity contribution in [3.8, 4) is 5.75 Å². The van der Waals surface area contributed by atoms with Crippen molar-refractivity contribution in [3.05, 3.63) is 59.3 Å². The van der Waals surface area contributed by atoms with Gasteiger partial charge in [-0.25, -0.2) is 4.79 Å². The summed E-state index contributed by atoms with van der Waals surface area (Å²) >= 11 is 0. The van der Waals surface area contributed by atoms with Crippen LogP contribution in [0.25, 0.3) is 10.9 Å². The molecule has 180 valence electrons. The van der Waals surface area contributed by atoms with Crippen molar-refractivity contribution in [1.29, 1.82) is 0 Å². The minimum absolute atomic E-state index is 0. The van der Waals surface area contributed by atoms with E-state index in [1.807, 2.05) is 18.5 Å². The Hall–Kier alpha value is -2.55. The lowest BCUT2D eigenvalue weighted by molar-refractivity contribution is 0.0526. The van der Waals surface area contributed by atoms with Crippen molar-refractivity contribution in [3.63, 3.8) is 0 Å². The van der Waals surface area contributed by atoms with E-state index in [9.17, 15) is 13.2 Å². The maximum absolute atomic E-state index is 12.9. The molecule has 0 fully saturated rings. The minimum Gasteiger partial charge on any atom is -0.462 e. The molecular weight excluding hydrogens is 464 g/mol. The molecule has 7 nitrogen and oxygen atoms in total. The van der Waals surface area contributed by atoms with Crippen LogP contribution in [0.15, 0.2) is 47.4 Å². The van der Waals surface area contributed by atoms with Crippen LogP contribution in [0.3, 0.4) is 0 Å². The molecule has 0 amide bonds. The van der Waals surface area contributed by atoms with Crippen LogP contribution in [-0.4, -0.2) is 43.6 Å². The van der Waals surface area contributed by atoms with Gasteiger partial charge in [-0.1, -0.05) is 31.5 Å². The number of halogens is 1. The number of hydrogen-bond acceptors (Lipinski definition) is 6. The van der Waals surface area contributed by atoms with Gasteiger partial charge < -0.3 is 13.5 Å². The Kier molecular flexibility index (Phi) is 8.94. The van der Waals surface area contributed by atoms with E-state index in [4.69, 9.17) is 8.92 Å². The first kappa shape index (κ1) is 26.7. The topological polar surface area (TPSA) is 77.8 Å². The molecule has 0 spiro atoms. The van der Waals surface area contributed by atoms with Gasteiger partial charge in [-0.05, 0) is 57.3 Å². The molecular formula is C24H31ClN2O5S. The highest BCUT2D eigenvalue weighted by atomic mass is 35.5. The Morgan fingerprint density at radius 3 is 2.24 bits per heavy atom. The number of fused-ring (bicyclic) bond motifs is 1. The lowest BCUT2D eigenvalue weighted by Crippen LogP contribution is -2.25. The molecule has 3 rings (SSSR count). The maximum atomic E-state index is 12.9. The van der Waals surface area contributed by atoms with E-state index in [0.717, 1.165) is 29.9 Å². The van der Waals surface area contributed by atoms with Crippen LogP contribution < -0.4 is 4.18 Å². The first-order valence-electron chi connectivity index (χ1n) is 10.7. The molecule has 9 heteroatoms. The van der Waals surface area contributed by atoms with Crippen LogP contribution in [0.2, 0.25) is 0 Å². The zero-order chi connectivity index (χ0) is 23.5. The van der Waals surface area contributed by atoms with Gasteiger partial charge in [-0.15, -0.1) is 12.4 Å². The van der Waals surface area contributed by atoms with Gasteiger partial charge in [-0.3, -0.25) is 4.90 Å². The Bertz CT molecular complexity index is 1220. The Labute approximate surface area is 201 Å². The van der Waals surface area contributed by atoms with E-state index in [1.165, 1.54) is 12.1 Å². The highest BCUT2D eigenvalue weighted by molar-refractivity contribution is 7.87. The van der Waals surface area contributed by atoms with Gasteiger partial charge in [0, 0.05) is 30.2 Å². The molecule has 33 heavy (non-hydrogen) atoms. The summed E-state index contributed by atoms with van der Waals surface area (Å²) in [5, 5.41) is 0.602. The third kappa shape index (κ3) is 5.69. The first-order chi connectivity index (χ1) is 15.2. The lowest BCUT2D eigenvalue weighted by atomic mass is 10.1. The quantitative estimate of drug-likeness (QED) is 0.317. The Morgan fingerprint density at radius 1 is 1.03 bits per heavy atom. The van der Waals surface area contributed by atoms with Gasteiger partial charge >= 0.3 is 16.1 Å². The van der Waals surface area contributed by atoms with Crippen molar-refractivity contribution in [2.45, 2.75) is 39.1 Å². The molecule has 0 radical (unpaired) electrons. The van der Waals surface area contributed by atoms with Crippen molar-refractivity contribution in [2.75, 3.05) is 19.7 Å². The van der Waals surface area contributed by atoms with E-state index in [-0.39, 0.29) is 29.7 Å². The monoisotopic (exact) mass is 494 g/mol. The van der Waals surface area contributed by atoms with Gasteiger partial charge in [0.1, 0.15) is 10.6 Å². The summed E-state index contributed by atoms with van der Waals surface area (Å²) in [5.41, 5.74) is 3.01. The Balaban J connectivity index is 0.00000385. The summed E-state index contributed by atoms with van der Waals surface area (Å²) in [6.07, 6.45) is 0. The van der Waals surface area contributed by atoms with Gasteiger partial charge in [0.15, 0.2) is 0 Å². The third-order valence-corrected chi connectivity index (χ3v) is 6.82. The van der Waals surface area contributed by atoms with Crippen LogP contribution in [0.1, 0.15) is 42.4 Å².